The maximum absolute atomic E-state index is 9.83. The zero-order valence-electron chi connectivity index (χ0n) is 16.4. The summed E-state index contributed by atoms with van der Waals surface area (Å²) < 4.78 is 7.39. The Morgan fingerprint density at radius 3 is 2.57 bits per heavy atom. The molecule has 1 aromatic heterocycles. The Balaban J connectivity index is 1.93. The number of benzene rings is 2. The van der Waals surface area contributed by atoms with E-state index in [1.54, 1.807) is 29.1 Å². The van der Waals surface area contributed by atoms with Gasteiger partial charge in [-0.15, -0.1) is 0 Å². The molecule has 2 N–H and O–H groups in total. The molecule has 0 spiro atoms. The third-order valence-electron chi connectivity index (χ3n) is 4.27. The molecule has 0 aliphatic heterocycles. The number of nitrogens with zero attached hydrogens (tertiary/aromatic N) is 3. The lowest BCUT2D eigenvalue weighted by molar-refractivity contribution is 0.318. The van der Waals surface area contributed by atoms with E-state index in [9.17, 15) is 5.11 Å². The number of rotatable bonds is 5. The maximum Gasteiger partial charge on any atom is 0.216 e. The number of phenolic OH excluding ortho intramolecular Hbond substituents is 1. The average molecular weight is 397 g/mol. The quantitative estimate of drug-likeness (QED) is 0.475. The first kappa shape index (κ1) is 19.8. The van der Waals surface area contributed by atoms with Gasteiger partial charge in [0.1, 0.15) is 0 Å². The van der Waals surface area contributed by atoms with Gasteiger partial charge < -0.3 is 9.84 Å². The molecule has 7 heteroatoms. The molecule has 0 saturated carbocycles. The van der Waals surface area contributed by atoms with E-state index in [0.29, 0.717) is 23.0 Å². The molecular formula is C21H24N4O2S. The van der Waals surface area contributed by atoms with E-state index in [4.69, 9.17) is 17.0 Å². The van der Waals surface area contributed by atoms with E-state index in [1.165, 1.54) is 5.56 Å². The van der Waals surface area contributed by atoms with Gasteiger partial charge in [0.25, 0.3) is 0 Å². The molecule has 1 heterocycles. The van der Waals surface area contributed by atoms with Crippen molar-refractivity contribution in [2.75, 3.05) is 6.61 Å². The molecule has 2 aromatic carbocycles. The summed E-state index contributed by atoms with van der Waals surface area (Å²) in [6.45, 7) is 8.86. The Kier molecular flexibility index (Phi) is 5.65. The Labute approximate surface area is 169 Å². The van der Waals surface area contributed by atoms with Crippen molar-refractivity contribution in [1.82, 2.24) is 14.9 Å². The molecule has 0 radical (unpaired) electrons. The van der Waals surface area contributed by atoms with E-state index in [-0.39, 0.29) is 11.2 Å². The van der Waals surface area contributed by atoms with Crippen molar-refractivity contribution in [2.24, 2.45) is 5.10 Å². The van der Waals surface area contributed by atoms with Gasteiger partial charge in [0.05, 0.1) is 12.8 Å². The fraction of sp³-hybridized carbons (Fsp3) is 0.286. The van der Waals surface area contributed by atoms with Crippen LogP contribution in [0.5, 0.6) is 11.5 Å². The molecule has 0 fully saturated rings. The van der Waals surface area contributed by atoms with Crippen LogP contribution in [0.1, 0.15) is 38.8 Å². The van der Waals surface area contributed by atoms with E-state index in [2.05, 4.69) is 48.2 Å². The number of aromatic amines is 1. The molecule has 0 saturated heterocycles. The van der Waals surface area contributed by atoms with Crippen molar-refractivity contribution >= 4 is 18.4 Å². The van der Waals surface area contributed by atoms with Crippen LogP contribution in [0, 0.1) is 4.77 Å². The molecule has 0 amide bonds. The van der Waals surface area contributed by atoms with Crippen LogP contribution in [0.3, 0.4) is 0 Å². The first-order valence-corrected chi connectivity index (χ1v) is 9.49. The topological polar surface area (TPSA) is 75.4 Å². The van der Waals surface area contributed by atoms with Crippen LogP contribution in [0.4, 0.5) is 0 Å². The number of aromatic nitrogens is 3. The predicted octanol–water partition coefficient (Wildman–Crippen LogP) is 4.89. The summed E-state index contributed by atoms with van der Waals surface area (Å²) in [6, 6.07) is 13.3. The summed E-state index contributed by atoms with van der Waals surface area (Å²) in [4.78, 5) is 0. The van der Waals surface area contributed by atoms with Crippen LogP contribution in [-0.4, -0.2) is 32.8 Å². The van der Waals surface area contributed by atoms with E-state index >= 15 is 0 Å². The Bertz CT molecular complexity index is 1040. The van der Waals surface area contributed by atoms with Crippen LogP contribution in [0.15, 0.2) is 47.6 Å². The number of phenols is 1. The molecule has 0 atom stereocenters. The summed E-state index contributed by atoms with van der Waals surface area (Å²) in [5, 5.41) is 21.4. The maximum atomic E-state index is 9.83. The summed E-state index contributed by atoms with van der Waals surface area (Å²) in [6.07, 6.45) is 1.65. The van der Waals surface area contributed by atoms with Gasteiger partial charge in [-0.1, -0.05) is 45.0 Å². The van der Waals surface area contributed by atoms with Crippen molar-refractivity contribution in [2.45, 2.75) is 33.1 Å². The summed E-state index contributed by atoms with van der Waals surface area (Å²) >= 11 is 5.33. The van der Waals surface area contributed by atoms with Gasteiger partial charge in [-0.2, -0.15) is 14.9 Å². The number of nitrogens with one attached hydrogen (secondary N) is 1. The lowest BCUT2D eigenvalue weighted by atomic mass is 9.87. The predicted molar refractivity (Wildman–Crippen MR) is 114 cm³/mol. The monoisotopic (exact) mass is 396 g/mol. The molecule has 28 heavy (non-hydrogen) atoms. The minimum absolute atomic E-state index is 0.0819. The zero-order valence-corrected chi connectivity index (χ0v) is 17.2. The largest absolute Gasteiger partial charge is 0.504 e. The molecule has 0 aliphatic carbocycles. The van der Waals surface area contributed by atoms with Gasteiger partial charge in [-0.25, -0.2) is 5.10 Å². The molecule has 3 rings (SSSR count). The van der Waals surface area contributed by atoms with Gasteiger partial charge in [-0.05, 0) is 53.9 Å². The Morgan fingerprint density at radius 2 is 1.93 bits per heavy atom. The van der Waals surface area contributed by atoms with Crippen LogP contribution in [-0.2, 0) is 5.41 Å². The van der Waals surface area contributed by atoms with Gasteiger partial charge >= 0.3 is 0 Å². The zero-order chi connectivity index (χ0) is 20.3. The van der Waals surface area contributed by atoms with Crippen molar-refractivity contribution in [3.05, 3.63) is 58.4 Å². The van der Waals surface area contributed by atoms with E-state index < -0.39 is 0 Å². The van der Waals surface area contributed by atoms with Gasteiger partial charge in [0, 0.05) is 5.56 Å². The number of hydrogen-bond acceptors (Lipinski definition) is 5. The third-order valence-corrected chi connectivity index (χ3v) is 4.53. The Morgan fingerprint density at radius 1 is 1.21 bits per heavy atom. The second kappa shape index (κ2) is 7.98. The highest BCUT2D eigenvalue weighted by atomic mass is 32.1. The summed E-state index contributed by atoms with van der Waals surface area (Å²) in [5.74, 6) is 1.14. The lowest BCUT2D eigenvalue weighted by Crippen LogP contribution is -2.10. The lowest BCUT2D eigenvalue weighted by Gasteiger charge is -2.18. The highest BCUT2D eigenvalue weighted by molar-refractivity contribution is 7.71. The minimum Gasteiger partial charge on any atom is -0.504 e. The van der Waals surface area contributed by atoms with Crippen molar-refractivity contribution < 1.29 is 9.84 Å². The van der Waals surface area contributed by atoms with Gasteiger partial charge in [-0.3, -0.25) is 0 Å². The van der Waals surface area contributed by atoms with Crippen LogP contribution in [0.2, 0.25) is 0 Å². The van der Waals surface area contributed by atoms with E-state index in [0.717, 1.165) is 11.1 Å². The smallest absolute Gasteiger partial charge is 0.216 e. The molecular weight excluding hydrogens is 372 g/mol. The van der Waals surface area contributed by atoms with Gasteiger partial charge in [0.2, 0.25) is 4.77 Å². The fourth-order valence-corrected chi connectivity index (χ4v) is 2.89. The number of aromatic hydroxyl groups is 1. The fourth-order valence-electron chi connectivity index (χ4n) is 2.71. The molecule has 0 unspecified atom stereocenters. The average Bonchev–Trinajstić information content (AvgIpc) is 3.02. The third kappa shape index (κ3) is 4.31. The van der Waals surface area contributed by atoms with Crippen molar-refractivity contribution in [3.8, 4) is 22.9 Å². The standard InChI is InChI=1S/C21H24N4O2S/c1-5-27-18-12-14(6-11-17(18)26)13-22-25-19(23-24-20(25)28)15-7-9-16(10-8-15)21(2,3)4/h6-13,26H,5H2,1-4H3,(H,24,28)/b22-13+. The normalized spacial score (nSPS) is 11.9. The number of ether oxygens (including phenoxy) is 1. The second-order valence-corrected chi connectivity index (χ2v) is 7.78. The molecule has 6 nitrogen and oxygen atoms in total. The van der Waals surface area contributed by atoms with Crippen LogP contribution in [0.25, 0.3) is 11.4 Å². The minimum atomic E-state index is 0.0819. The summed E-state index contributed by atoms with van der Waals surface area (Å²) in [7, 11) is 0. The molecule has 0 aliphatic rings. The van der Waals surface area contributed by atoms with Crippen LogP contribution >= 0.6 is 12.2 Å². The second-order valence-electron chi connectivity index (χ2n) is 7.40. The van der Waals surface area contributed by atoms with Crippen molar-refractivity contribution in [3.63, 3.8) is 0 Å². The molecule has 0 bridgehead atoms. The number of hydrogen-bond donors (Lipinski definition) is 2. The molecule has 146 valence electrons. The summed E-state index contributed by atoms with van der Waals surface area (Å²) in [5.41, 5.74) is 3.02. The van der Waals surface area contributed by atoms with E-state index in [1.807, 2.05) is 19.1 Å². The first-order valence-electron chi connectivity index (χ1n) is 9.08. The Hall–Kier alpha value is -2.93. The van der Waals surface area contributed by atoms with Crippen LogP contribution < -0.4 is 4.74 Å². The highest BCUT2D eigenvalue weighted by Gasteiger charge is 2.14. The van der Waals surface area contributed by atoms with Gasteiger partial charge in [0.15, 0.2) is 17.3 Å². The highest BCUT2D eigenvalue weighted by Crippen LogP contribution is 2.27. The number of H-pyrrole nitrogens is 1. The first-order chi connectivity index (χ1) is 13.3. The SMILES string of the molecule is CCOc1cc(/C=N/n2c(-c3ccc(C(C)(C)C)cc3)n[nH]c2=S)ccc1O. The molecule has 3 aromatic rings. The van der Waals surface area contributed by atoms with Crippen molar-refractivity contribution in [1.29, 1.82) is 0 Å².